The van der Waals surface area contributed by atoms with Crippen molar-refractivity contribution in [3.8, 4) is 0 Å². The van der Waals surface area contributed by atoms with Crippen LogP contribution in [0.4, 0.5) is 0 Å². The van der Waals surface area contributed by atoms with Gasteiger partial charge in [0.2, 0.25) is 0 Å². The van der Waals surface area contributed by atoms with Crippen molar-refractivity contribution in [3.63, 3.8) is 0 Å². The molecule has 0 bridgehead atoms. The van der Waals surface area contributed by atoms with Gasteiger partial charge < -0.3 is 14.0 Å². The fourth-order valence-corrected chi connectivity index (χ4v) is 2.28. The Bertz CT molecular complexity index is 809. The number of rotatable bonds is 6. The fourth-order valence-electron chi connectivity index (χ4n) is 2.28. The van der Waals surface area contributed by atoms with Crippen LogP contribution in [0.25, 0.3) is 10.8 Å². The van der Waals surface area contributed by atoms with Crippen molar-refractivity contribution >= 4 is 16.7 Å². The van der Waals surface area contributed by atoms with E-state index in [2.05, 4.69) is 29.4 Å². The third-order valence-electron chi connectivity index (χ3n) is 3.37. The van der Waals surface area contributed by atoms with E-state index >= 15 is 0 Å². The number of ether oxygens (including phenoxy) is 2. The maximum absolute atomic E-state index is 11.5. The normalized spacial score (nSPS) is 10.8. The highest BCUT2D eigenvalue weighted by Crippen LogP contribution is 2.16. The molecule has 5 heteroatoms. The van der Waals surface area contributed by atoms with Gasteiger partial charge in [-0.15, -0.1) is 0 Å². The van der Waals surface area contributed by atoms with Crippen LogP contribution in [-0.4, -0.2) is 17.7 Å². The van der Waals surface area contributed by atoms with Crippen molar-refractivity contribution in [2.45, 2.75) is 20.1 Å². The van der Waals surface area contributed by atoms with Gasteiger partial charge in [0.05, 0.1) is 13.2 Å². The molecule has 0 aliphatic carbocycles. The van der Waals surface area contributed by atoms with Gasteiger partial charge in [0.25, 0.3) is 0 Å². The van der Waals surface area contributed by atoms with E-state index in [-0.39, 0.29) is 12.3 Å². The first-order chi connectivity index (χ1) is 11.3. The number of esters is 1. The number of hydrogen-bond donors (Lipinski definition) is 0. The number of aromatic nitrogens is 1. The van der Waals surface area contributed by atoms with Crippen LogP contribution in [0.15, 0.2) is 53.1 Å². The molecular weight excluding hydrogens is 294 g/mol. The SMILES string of the molecule is CCOC(=O)c1cc(COCc2ccc3ccccc3c2)on1. The summed E-state index contributed by atoms with van der Waals surface area (Å²) in [5.41, 5.74) is 1.24. The van der Waals surface area contributed by atoms with Crippen LogP contribution in [0.3, 0.4) is 0 Å². The lowest BCUT2D eigenvalue weighted by atomic mass is 10.1. The lowest BCUT2D eigenvalue weighted by Crippen LogP contribution is -2.04. The van der Waals surface area contributed by atoms with E-state index in [0.29, 0.717) is 19.0 Å². The second kappa shape index (κ2) is 7.07. The molecule has 0 saturated heterocycles. The lowest BCUT2D eigenvalue weighted by Gasteiger charge is -2.04. The summed E-state index contributed by atoms with van der Waals surface area (Å²) in [6.07, 6.45) is 0. The van der Waals surface area contributed by atoms with Crippen molar-refractivity contribution in [1.82, 2.24) is 5.16 Å². The van der Waals surface area contributed by atoms with E-state index in [1.54, 1.807) is 13.0 Å². The molecule has 0 fully saturated rings. The van der Waals surface area contributed by atoms with Crippen LogP contribution in [0, 0.1) is 0 Å². The number of carbonyl (C=O) groups is 1. The molecule has 118 valence electrons. The third-order valence-corrected chi connectivity index (χ3v) is 3.37. The maximum atomic E-state index is 11.5. The van der Waals surface area contributed by atoms with Gasteiger partial charge in [-0.25, -0.2) is 4.79 Å². The zero-order valence-electron chi connectivity index (χ0n) is 12.8. The minimum Gasteiger partial charge on any atom is -0.461 e. The topological polar surface area (TPSA) is 61.6 Å². The average molecular weight is 311 g/mol. The Labute approximate surface area is 133 Å². The Kier molecular flexibility index (Phi) is 4.68. The van der Waals surface area contributed by atoms with E-state index in [0.717, 1.165) is 5.56 Å². The van der Waals surface area contributed by atoms with E-state index in [1.807, 2.05) is 18.2 Å². The first kappa shape index (κ1) is 15.2. The van der Waals surface area contributed by atoms with Crippen molar-refractivity contribution in [1.29, 1.82) is 0 Å². The predicted octanol–water partition coefficient (Wildman–Crippen LogP) is 3.72. The van der Waals surface area contributed by atoms with E-state index in [1.165, 1.54) is 10.8 Å². The molecule has 3 aromatic rings. The van der Waals surface area contributed by atoms with E-state index < -0.39 is 5.97 Å². The van der Waals surface area contributed by atoms with Gasteiger partial charge in [-0.3, -0.25) is 0 Å². The summed E-state index contributed by atoms with van der Waals surface area (Å²) >= 11 is 0. The molecule has 2 aromatic carbocycles. The van der Waals surface area contributed by atoms with Gasteiger partial charge in [-0.05, 0) is 29.3 Å². The summed E-state index contributed by atoms with van der Waals surface area (Å²) in [4.78, 5) is 11.5. The highest BCUT2D eigenvalue weighted by molar-refractivity contribution is 5.87. The molecule has 1 aromatic heterocycles. The smallest absolute Gasteiger partial charge is 0.360 e. The van der Waals surface area contributed by atoms with Crippen LogP contribution in [0.1, 0.15) is 28.7 Å². The number of hydrogen-bond acceptors (Lipinski definition) is 5. The van der Waals surface area contributed by atoms with Gasteiger partial charge in [-0.1, -0.05) is 41.6 Å². The van der Waals surface area contributed by atoms with E-state index in [4.69, 9.17) is 14.0 Å². The Hall–Kier alpha value is -2.66. The zero-order chi connectivity index (χ0) is 16.1. The Balaban J connectivity index is 1.57. The third kappa shape index (κ3) is 3.76. The van der Waals surface area contributed by atoms with Crippen molar-refractivity contribution in [3.05, 3.63) is 65.5 Å². The second-order valence-corrected chi connectivity index (χ2v) is 5.07. The van der Waals surface area contributed by atoms with Crippen LogP contribution < -0.4 is 0 Å². The van der Waals surface area contributed by atoms with Crippen molar-refractivity contribution in [2.75, 3.05) is 6.61 Å². The molecule has 5 nitrogen and oxygen atoms in total. The van der Waals surface area contributed by atoms with Crippen molar-refractivity contribution in [2.24, 2.45) is 0 Å². The summed E-state index contributed by atoms with van der Waals surface area (Å²) < 4.78 is 15.5. The number of benzene rings is 2. The molecule has 0 spiro atoms. The largest absolute Gasteiger partial charge is 0.461 e. The Morgan fingerprint density at radius 2 is 1.91 bits per heavy atom. The quantitative estimate of drug-likeness (QED) is 0.649. The molecule has 23 heavy (non-hydrogen) atoms. The van der Waals surface area contributed by atoms with Crippen LogP contribution >= 0.6 is 0 Å². The molecule has 0 amide bonds. The highest BCUT2D eigenvalue weighted by atomic mass is 16.5. The zero-order valence-corrected chi connectivity index (χ0v) is 12.8. The van der Waals surface area contributed by atoms with Gasteiger partial charge in [0.1, 0.15) is 6.61 Å². The number of nitrogens with zero attached hydrogens (tertiary/aromatic N) is 1. The fraction of sp³-hybridized carbons (Fsp3) is 0.222. The van der Waals surface area contributed by atoms with E-state index in [9.17, 15) is 4.79 Å². The molecule has 0 saturated carbocycles. The first-order valence-electron chi connectivity index (χ1n) is 7.44. The standard InChI is InChI=1S/C18H17NO4/c1-2-22-18(20)17-10-16(23-19-17)12-21-11-13-7-8-14-5-3-4-6-15(14)9-13/h3-10H,2,11-12H2,1H3. The summed E-state index contributed by atoms with van der Waals surface area (Å²) in [7, 11) is 0. The molecule has 0 N–H and O–H groups in total. The average Bonchev–Trinajstić information content (AvgIpc) is 3.04. The van der Waals surface area contributed by atoms with Gasteiger partial charge in [0.15, 0.2) is 11.5 Å². The lowest BCUT2D eigenvalue weighted by molar-refractivity contribution is 0.0513. The number of fused-ring (bicyclic) bond motifs is 1. The second-order valence-electron chi connectivity index (χ2n) is 5.07. The highest BCUT2D eigenvalue weighted by Gasteiger charge is 2.13. The molecule has 0 aliphatic heterocycles. The molecular formula is C18H17NO4. The minimum absolute atomic E-state index is 0.163. The molecule has 0 unspecified atom stereocenters. The monoisotopic (exact) mass is 311 g/mol. The summed E-state index contributed by atoms with van der Waals surface area (Å²) in [5, 5.41) is 6.05. The molecule has 1 heterocycles. The molecule has 0 atom stereocenters. The maximum Gasteiger partial charge on any atom is 0.360 e. The predicted molar refractivity (Wildman–Crippen MR) is 84.9 cm³/mol. The Morgan fingerprint density at radius 1 is 1.09 bits per heavy atom. The Morgan fingerprint density at radius 3 is 2.74 bits per heavy atom. The van der Waals surface area contributed by atoms with Gasteiger partial charge in [-0.2, -0.15) is 0 Å². The van der Waals surface area contributed by atoms with Crippen LogP contribution in [-0.2, 0) is 22.7 Å². The van der Waals surface area contributed by atoms with Crippen LogP contribution in [0.2, 0.25) is 0 Å². The summed E-state index contributed by atoms with van der Waals surface area (Å²) in [6.45, 7) is 2.75. The van der Waals surface area contributed by atoms with Gasteiger partial charge in [0, 0.05) is 6.07 Å². The molecule has 0 aliphatic rings. The summed E-state index contributed by atoms with van der Waals surface area (Å²) in [6, 6.07) is 15.9. The van der Waals surface area contributed by atoms with Crippen molar-refractivity contribution < 1.29 is 18.8 Å². The molecule has 3 rings (SSSR count). The van der Waals surface area contributed by atoms with Gasteiger partial charge >= 0.3 is 5.97 Å². The number of carbonyl (C=O) groups excluding carboxylic acids is 1. The first-order valence-corrected chi connectivity index (χ1v) is 7.44. The summed E-state index contributed by atoms with van der Waals surface area (Å²) in [5.74, 6) is 0.00544. The molecule has 0 radical (unpaired) electrons. The van der Waals surface area contributed by atoms with Crippen LogP contribution in [0.5, 0.6) is 0 Å². The minimum atomic E-state index is -0.489.